The molecule has 2 aliphatic rings. The van der Waals surface area contributed by atoms with Gasteiger partial charge in [0.2, 0.25) is 5.91 Å². The summed E-state index contributed by atoms with van der Waals surface area (Å²) < 4.78 is 0. The predicted octanol–water partition coefficient (Wildman–Crippen LogP) is 2.42. The van der Waals surface area contributed by atoms with Gasteiger partial charge >= 0.3 is 0 Å². The molecule has 0 spiro atoms. The zero-order chi connectivity index (χ0) is 12.5. The Kier molecular flexibility index (Phi) is 2.98. The van der Waals surface area contributed by atoms with Crippen molar-refractivity contribution in [1.82, 2.24) is 4.90 Å². The number of fused-ring (bicyclic) bond motifs is 1. The lowest BCUT2D eigenvalue weighted by atomic mass is 10.0. The summed E-state index contributed by atoms with van der Waals surface area (Å²) >= 11 is 0. The highest BCUT2D eigenvalue weighted by atomic mass is 16.2. The Balaban J connectivity index is 1.72. The smallest absolute Gasteiger partial charge is 0.245 e. The van der Waals surface area contributed by atoms with Gasteiger partial charge in [0, 0.05) is 24.7 Å². The van der Waals surface area contributed by atoms with Crippen LogP contribution in [-0.4, -0.2) is 29.4 Å². The van der Waals surface area contributed by atoms with E-state index in [9.17, 15) is 4.79 Å². The minimum atomic E-state index is -0.0528. The molecule has 1 fully saturated rings. The number of piperidine rings is 1. The van der Waals surface area contributed by atoms with Crippen molar-refractivity contribution in [2.24, 2.45) is 0 Å². The van der Waals surface area contributed by atoms with Crippen molar-refractivity contribution in [1.29, 1.82) is 0 Å². The van der Waals surface area contributed by atoms with Gasteiger partial charge in [0.1, 0.15) is 6.04 Å². The molecule has 0 aliphatic carbocycles. The Bertz CT molecular complexity index is 433. The Hall–Kier alpha value is -1.51. The third-order valence-corrected chi connectivity index (χ3v) is 4.16. The van der Waals surface area contributed by atoms with Crippen molar-refractivity contribution in [3.63, 3.8) is 0 Å². The molecule has 18 heavy (non-hydrogen) atoms. The molecule has 0 saturated carbocycles. The maximum atomic E-state index is 12.5. The fourth-order valence-corrected chi connectivity index (χ4v) is 3.07. The van der Waals surface area contributed by atoms with E-state index in [1.807, 2.05) is 12.1 Å². The number of benzene rings is 1. The third kappa shape index (κ3) is 1.98. The first-order valence-electron chi connectivity index (χ1n) is 6.90. The van der Waals surface area contributed by atoms with Crippen LogP contribution in [0.3, 0.4) is 0 Å². The summed E-state index contributed by atoms with van der Waals surface area (Å²) in [6.07, 6.45) is 4.38. The zero-order valence-electron chi connectivity index (χ0n) is 10.9. The van der Waals surface area contributed by atoms with Gasteiger partial charge in [-0.25, -0.2) is 0 Å². The van der Waals surface area contributed by atoms with E-state index >= 15 is 0 Å². The predicted molar refractivity (Wildman–Crippen MR) is 72.6 cm³/mol. The van der Waals surface area contributed by atoms with Gasteiger partial charge in [-0.05, 0) is 37.8 Å². The average Bonchev–Trinajstić information content (AvgIpc) is 2.82. The standard InChI is InChI=1S/C15H20N2O/c1-11-6-4-5-9-17(11)15(18)14-10-12-7-2-3-8-13(12)16-14/h2-3,7-8,11,14,16H,4-6,9-10H2,1H3/t11?,14-/m0/s1. The highest BCUT2D eigenvalue weighted by molar-refractivity contribution is 5.87. The largest absolute Gasteiger partial charge is 0.373 e. The van der Waals surface area contributed by atoms with Crippen LogP contribution in [0.2, 0.25) is 0 Å². The van der Waals surface area contributed by atoms with E-state index < -0.39 is 0 Å². The molecule has 3 heteroatoms. The molecule has 1 amide bonds. The van der Waals surface area contributed by atoms with Crippen molar-refractivity contribution in [2.45, 2.75) is 44.7 Å². The normalized spacial score (nSPS) is 26.6. The van der Waals surface area contributed by atoms with E-state index in [-0.39, 0.29) is 11.9 Å². The van der Waals surface area contributed by atoms with Gasteiger partial charge in [0.05, 0.1) is 0 Å². The molecule has 1 saturated heterocycles. The summed E-state index contributed by atoms with van der Waals surface area (Å²) in [5.41, 5.74) is 2.39. The number of rotatable bonds is 1. The number of hydrogen-bond acceptors (Lipinski definition) is 2. The average molecular weight is 244 g/mol. The summed E-state index contributed by atoms with van der Waals surface area (Å²) in [5.74, 6) is 0.276. The van der Waals surface area contributed by atoms with Crippen LogP contribution in [0.25, 0.3) is 0 Å². The Labute approximate surface area is 108 Å². The molecule has 1 aromatic carbocycles. The Morgan fingerprint density at radius 3 is 2.94 bits per heavy atom. The lowest BCUT2D eigenvalue weighted by molar-refractivity contribution is -0.135. The van der Waals surface area contributed by atoms with Crippen molar-refractivity contribution in [2.75, 3.05) is 11.9 Å². The maximum Gasteiger partial charge on any atom is 0.245 e. The monoisotopic (exact) mass is 244 g/mol. The SMILES string of the molecule is CC1CCCCN1C(=O)[C@@H]1Cc2ccccc2N1. The first-order valence-corrected chi connectivity index (χ1v) is 6.90. The fourth-order valence-electron chi connectivity index (χ4n) is 3.07. The maximum absolute atomic E-state index is 12.5. The second kappa shape index (κ2) is 4.63. The lowest BCUT2D eigenvalue weighted by Gasteiger charge is -2.35. The van der Waals surface area contributed by atoms with E-state index in [2.05, 4.69) is 29.3 Å². The van der Waals surface area contributed by atoms with Crippen molar-refractivity contribution < 1.29 is 4.79 Å². The second-order valence-electron chi connectivity index (χ2n) is 5.43. The Morgan fingerprint density at radius 2 is 2.17 bits per heavy atom. The van der Waals surface area contributed by atoms with Gasteiger partial charge in [0.25, 0.3) is 0 Å². The van der Waals surface area contributed by atoms with E-state index in [4.69, 9.17) is 0 Å². The van der Waals surface area contributed by atoms with E-state index in [0.717, 1.165) is 31.5 Å². The molecule has 3 rings (SSSR count). The molecule has 1 N–H and O–H groups in total. The first-order chi connectivity index (χ1) is 8.75. The van der Waals surface area contributed by atoms with Crippen LogP contribution in [0.1, 0.15) is 31.7 Å². The van der Waals surface area contributed by atoms with Crippen LogP contribution < -0.4 is 5.32 Å². The van der Waals surface area contributed by atoms with Crippen molar-refractivity contribution in [3.05, 3.63) is 29.8 Å². The molecule has 3 nitrogen and oxygen atoms in total. The second-order valence-corrected chi connectivity index (χ2v) is 5.43. The number of likely N-dealkylation sites (tertiary alicyclic amines) is 1. The molecule has 0 radical (unpaired) electrons. The van der Waals surface area contributed by atoms with E-state index in [1.165, 1.54) is 12.0 Å². The number of carbonyl (C=O) groups excluding carboxylic acids is 1. The third-order valence-electron chi connectivity index (χ3n) is 4.16. The number of hydrogen-bond donors (Lipinski definition) is 1. The first kappa shape index (κ1) is 11.6. The quantitative estimate of drug-likeness (QED) is 0.823. The molecule has 2 atom stereocenters. The van der Waals surface area contributed by atoms with E-state index in [0.29, 0.717) is 6.04 Å². The van der Waals surface area contributed by atoms with Gasteiger partial charge in [0.15, 0.2) is 0 Å². The highest BCUT2D eigenvalue weighted by Crippen LogP contribution is 2.27. The topological polar surface area (TPSA) is 32.3 Å². The zero-order valence-corrected chi connectivity index (χ0v) is 10.9. The molecule has 0 aromatic heterocycles. The molecule has 1 aromatic rings. The van der Waals surface area contributed by atoms with Crippen molar-refractivity contribution >= 4 is 11.6 Å². The number of nitrogens with one attached hydrogen (secondary N) is 1. The van der Waals surface area contributed by atoms with Gasteiger partial charge in [-0.15, -0.1) is 0 Å². The summed E-state index contributed by atoms with van der Waals surface area (Å²) in [4.78, 5) is 14.6. The van der Waals surface area contributed by atoms with Crippen LogP contribution in [0.15, 0.2) is 24.3 Å². The number of para-hydroxylation sites is 1. The van der Waals surface area contributed by atoms with Crippen LogP contribution in [-0.2, 0) is 11.2 Å². The lowest BCUT2D eigenvalue weighted by Crippen LogP contribution is -2.48. The van der Waals surface area contributed by atoms with Crippen LogP contribution >= 0.6 is 0 Å². The van der Waals surface area contributed by atoms with Crippen LogP contribution in [0.5, 0.6) is 0 Å². The molecule has 96 valence electrons. The van der Waals surface area contributed by atoms with Crippen LogP contribution in [0, 0.1) is 0 Å². The highest BCUT2D eigenvalue weighted by Gasteiger charge is 2.32. The van der Waals surface area contributed by atoms with Gasteiger partial charge in [-0.3, -0.25) is 4.79 Å². The Morgan fingerprint density at radius 1 is 1.33 bits per heavy atom. The molecule has 2 heterocycles. The molecule has 1 unspecified atom stereocenters. The number of nitrogens with zero attached hydrogens (tertiary/aromatic N) is 1. The molecular formula is C15H20N2O. The summed E-state index contributed by atoms with van der Waals surface area (Å²) in [7, 11) is 0. The summed E-state index contributed by atoms with van der Waals surface area (Å²) in [6, 6.07) is 8.57. The number of amides is 1. The molecule has 0 bridgehead atoms. The van der Waals surface area contributed by atoms with Crippen molar-refractivity contribution in [3.8, 4) is 0 Å². The summed E-state index contributed by atoms with van der Waals surface area (Å²) in [5, 5.41) is 3.36. The minimum absolute atomic E-state index is 0.0528. The number of carbonyl (C=O) groups is 1. The van der Waals surface area contributed by atoms with E-state index in [1.54, 1.807) is 0 Å². The van der Waals surface area contributed by atoms with Gasteiger partial charge in [-0.2, -0.15) is 0 Å². The fraction of sp³-hybridized carbons (Fsp3) is 0.533. The minimum Gasteiger partial charge on any atom is -0.373 e. The molecular weight excluding hydrogens is 224 g/mol. The summed E-state index contributed by atoms with van der Waals surface area (Å²) in [6.45, 7) is 3.09. The van der Waals surface area contributed by atoms with Crippen LogP contribution in [0.4, 0.5) is 5.69 Å². The molecule has 2 aliphatic heterocycles. The van der Waals surface area contributed by atoms with Gasteiger partial charge in [-0.1, -0.05) is 18.2 Å². The van der Waals surface area contributed by atoms with Gasteiger partial charge < -0.3 is 10.2 Å². The number of anilines is 1.